The first-order valence-electron chi connectivity index (χ1n) is 9.35. The van der Waals surface area contributed by atoms with Crippen LogP contribution in [0.2, 0.25) is 0 Å². The van der Waals surface area contributed by atoms with Crippen molar-refractivity contribution in [3.8, 4) is 0 Å². The molecule has 0 aliphatic carbocycles. The van der Waals surface area contributed by atoms with Gasteiger partial charge in [-0.1, -0.05) is 13.8 Å². The Morgan fingerprint density at radius 2 is 1.81 bits per heavy atom. The minimum absolute atomic E-state index is 0.134. The Morgan fingerprint density at radius 3 is 2.37 bits per heavy atom. The number of carboxylic acid groups (broad SMARTS) is 1. The predicted octanol–water partition coefficient (Wildman–Crippen LogP) is 2.03. The van der Waals surface area contributed by atoms with Gasteiger partial charge in [-0.3, -0.25) is 4.79 Å². The zero-order valence-electron chi connectivity index (χ0n) is 15.6. The molecule has 2 fully saturated rings. The van der Waals surface area contributed by atoms with Crippen LogP contribution in [0.25, 0.3) is 0 Å². The number of carbonyl (C=O) groups excluding carboxylic acids is 1. The molecule has 2 aliphatic heterocycles. The maximum atomic E-state index is 12.9. The van der Waals surface area contributed by atoms with Crippen LogP contribution >= 0.6 is 0 Å². The van der Waals surface area contributed by atoms with Crippen molar-refractivity contribution in [3.63, 3.8) is 0 Å². The number of nitrogens with zero attached hydrogens (tertiary/aromatic N) is 2. The maximum Gasteiger partial charge on any atom is 0.371 e. The average Bonchev–Trinajstić information content (AvgIpc) is 3.31. The monoisotopic (exact) mass is 398 g/mol. The van der Waals surface area contributed by atoms with E-state index in [1.807, 2.05) is 4.90 Å². The van der Waals surface area contributed by atoms with E-state index in [-0.39, 0.29) is 36.0 Å². The van der Waals surface area contributed by atoms with Gasteiger partial charge >= 0.3 is 5.97 Å². The normalized spacial score (nSPS) is 22.5. The van der Waals surface area contributed by atoms with Crippen LogP contribution in [-0.4, -0.2) is 60.3 Å². The second kappa shape index (κ2) is 7.63. The standard InChI is InChI=1S/C18H26N2O6S/c1-12(2)14-4-3-9-20(14)17(21)13-7-10-19(11-8-13)27(24,25)16-6-5-15(26-16)18(22)23/h5-6,12-14H,3-4,7-11H2,1-2H3,(H,22,23). The molecule has 1 aromatic heterocycles. The van der Waals surface area contributed by atoms with E-state index in [1.165, 1.54) is 4.31 Å². The number of hydrogen-bond donors (Lipinski definition) is 1. The summed E-state index contributed by atoms with van der Waals surface area (Å²) < 4.78 is 31.5. The number of aromatic carboxylic acids is 1. The molecule has 0 bridgehead atoms. The van der Waals surface area contributed by atoms with Crippen LogP contribution in [0.1, 0.15) is 50.1 Å². The molecule has 1 atom stereocenters. The first kappa shape index (κ1) is 19.9. The van der Waals surface area contributed by atoms with Gasteiger partial charge in [0.15, 0.2) is 0 Å². The van der Waals surface area contributed by atoms with Crippen molar-refractivity contribution in [1.29, 1.82) is 0 Å². The first-order valence-corrected chi connectivity index (χ1v) is 10.8. The quantitative estimate of drug-likeness (QED) is 0.813. The van der Waals surface area contributed by atoms with Gasteiger partial charge < -0.3 is 14.4 Å². The molecule has 150 valence electrons. The van der Waals surface area contributed by atoms with Crippen LogP contribution in [0.5, 0.6) is 0 Å². The van der Waals surface area contributed by atoms with Gasteiger partial charge in [0.2, 0.25) is 16.8 Å². The zero-order chi connectivity index (χ0) is 19.8. The van der Waals surface area contributed by atoms with Gasteiger partial charge in [-0.2, -0.15) is 4.31 Å². The fourth-order valence-electron chi connectivity index (χ4n) is 4.04. The van der Waals surface area contributed by atoms with Crippen molar-refractivity contribution in [3.05, 3.63) is 17.9 Å². The second-order valence-corrected chi connectivity index (χ2v) is 9.46. The van der Waals surface area contributed by atoms with Crippen LogP contribution in [0.3, 0.4) is 0 Å². The van der Waals surface area contributed by atoms with Crippen LogP contribution in [0.4, 0.5) is 0 Å². The number of carboxylic acids is 1. The van der Waals surface area contributed by atoms with E-state index >= 15 is 0 Å². The van der Waals surface area contributed by atoms with Crippen LogP contribution in [0, 0.1) is 11.8 Å². The van der Waals surface area contributed by atoms with E-state index in [9.17, 15) is 18.0 Å². The summed E-state index contributed by atoms with van der Waals surface area (Å²) >= 11 is 0. The molecule has 0 spiro atoms. The fourth-order valence-corrected chi connectivity index (χ4v) is 5.42. The molecule has 2 aliphatic rings. The molecule has 1 unspecified atom stereocenters. The van der Waals surface area contributed by atoms with Gasteiger partial charge in [0.1, 0.15) is 0 Å². The lowest BCUT2D eigenvalue weighted by atomic mass is 9.94. The Bertz CT molecular complexity index is 808. The van der Waals surface area contributed by atoms with Crippen LogP contribution in [-0.2, 0) is 14.8 Å². The van der Waals surface area contributed by atoms with Gasteiger partial charge in [-0.25, -0.2) is 13.2 Å². The highest BCUT2D eigenvalue weighted by atomic mass is 32.2. The number of sulfonamides is 1. The fraction of sp³-hybridized carbons (Fsp3) is 0.667. The Labute approximate surface area is 159 Å². The number of carbonyl (C=O) groups is 2. The van der Waals surface area contributed by atoms with Gasteiger partial charge in [-0.05, 0) is 43.7 Å². The highest BCUT2D eigenvalue weighted by molar-refractivity contribution is 7.89. The first-order chi connectivity index (χ1) is 12.7. The van der Waals surface area contributed by atoms with E-state index in [0.717, 1.165) is 31.5 Å². The third-order valence-corrected chi connectivity index (χ3v) is 7.31. The van der Waals surface area contributed by atoms with Gasteiger partial charge in [0.25, 0.3) is 10.0 Å². The number of likely N-dealkylation sites (tertiary alicyclic amines) is 1. The lowest BCUT2D eigenvalue weighted by Crippen LogP contribution is -2.46. The summed E-state index contributed by atoms with van der Waals surface area (Å²) in [6, 6.07) is 2.56. The summed E-state index contributed by atoms with van der Waals surface area (Å²) in [5.41, 5.74) is 0. The summed E-state index contributed by atoms with van der Waals surface area (Å²) in [6.45, 7) is 5.48. The lowest BCUT2D eigenvalue weighted by Gasteiger charge is -2.35. The predicted molar refractivity (Wildman–Crippen MR) is 96.7 cm³/mol. The summed E-state index contributed by atoms with van der Waals surface area (Å²) in [6.07, 6.45) is 2.98. The van der Waals surface area contributed by atoms with Crippen LogP contribution < -0.4 is 0 Å². The van der Waals surface area contributed by atoms with Crippen molar-refractivity contribution in [2.75, 3.05) is 19.6 Å². The molecule has 3 heterocycles. The molecule has 2 saturated heterocycles. The number of hydrogen-bond acceptors (Lipinski definition) is 5. The van der Waals surface area contributed by atoms with Crippen molar-refractivity contribution in [2.24, 2.45) is 11.8 Å². The molecule has 3 rings (SSSR count). The number of amides is 1. The Morgan fingerprint density at radius 1 is 1.15 bits per heavy atom. The lowest BCUT2D eigenvalue weighted by molar-refractivity contribution is -0.138. The number of rotatable bonds is 5. The van der Waals surface area contributed by atoms with E-state index < -0.39 is 21.8 Å². The minimum atomic E-state index is -3.89. The summed E-state index contributed by atoms with van der Waals surface area (Å²) in [4.78, 5) is 25.8. The third-order valence-electron chi connectivity index (χ3n) is 5.54. The van der Waals surface area contributed by atoms with E-state index in [2.05, 4.69) is 13.8 Å². The molecule has 0 aromatic carbocycles. The van der Waals surface area contributed by atoms with Gasteiger partial charge in [0.05, 0.1) is 0 Å². The molecule has 1 amide bonds. The highest BCUT2D eigenvalue weighted by Gasteiger charge is 2.38. The average molecular weight is 398 g/mol. The number of furan rings is 1. The topological polar surface area (TPSA) is 108 Å². The van der Waals surface area contributed by atoms with Crippen LogP contribution in [0.15, 0.2) is 21.6 Å². The van der Waals surface area contributed by atoms with Gasteiger partial charge in [-0.15, -0.1) is 0 Å². The Kier molecular flexibility index (Phi) is 5.62. The molecular weight excluding hydrogens is 372 g/mol. The molecular formula is C18H26N2O6S. The molecule has 0 saturated carbocycles. The molecule has 0 radical (unpaired) electrons. The van der Waals surface area contributed by atoms with Crippen molar-refractivity contribution < 1.29 is 27.5 Å². The SMILES string of the molecule is CC(C)C1CCCN1C(=O)C1CCN(S(=O)(=O)c2ccc(C(=O)O)o2)CC1. The molecule has 1 N–H and O–H groups in total. The van der Waals surface area contributed by atoms with Crippen molar-refractivity contribution in [2.45, 2.75) is 50.7 Å². The third kappa shape index (κ3) is 3.89. The molecule has 1 aromatic rings. The molecule has 8 nitrogen and oxygen atoms in total. The molecule has 9 heteroatoms. The zero-order valence-corrected chi connectivity index (χ0v) is 16.4. The highest BCUT2D eigenvalue weighted by Crippen LogP contribution is 2.30. The second-order valence-electron chi connectivity index (χ2n) is 7.59. The smallest absolute Gasteiger partial charge is 0.371 e. The van der Waals surface area contributed by atoms with Crippen molar-refractivity contribution in [1.82, 2.24) is 9.21 Å². The Balaban J connectivity index is 1.64. The van der Waals surface area contributed by atoms with E-state index in [0.29, 0.717) is 18.8 Å². The molecule has 27 heavy (non-hydrogen) atoms. The maximum absolute atomic E-state index is 12.9. The van der Waals surface area contributed by atoms with Gasteiger partial charge in [0, 0.05) is 31.6 Å². The van der Waals surface area contributed by atoms with E-state index in [4.69, 9.17) is 9.52 Å². The van der Waals surface area contributed by atoms with E-state index in [1.54, 1.807) is 0 Å². The summed E-state index contributed by atoms with van der Waals surface area (Å²) in [5, 5.41) is 8.52. The largest absolute Gasteiger partial charge is 0.475 e. The minimum Gasteiger partial charge on any atom is -0.475 e. The number of piperidine rings is 1. The summed E-state index contributed by atoms with van der Waals surface area (Å²) in [5.74, 6) is -1.34. The summed E-state index contributed by atoms with van der Waals surface area (Å²) in [7, 11) is -3.89. The van der Waals surface area contributed by atoms with Crippen molar-refractivity contribution >= 4 is 21.9 Å². The Hall–Kier alpha value is -1.87.